The molecule has 1 amide bonds. The molecule has 0 aliphatic rings. The predicted octanol–water partition coefficient (Wildman–Crippen LogP) is 4.19. The summed E-state index contributed by atoms with van der Waals surface area (Å²) in [5, 5.41) is 2.98. The molecule has 0 radical (unpaired) electrons. The number of fused-ring (bicyclic) bond motifs is 1. The number of rotatable bonds is 6. The molecule has 0 atom stereocenters. The van der Waals surface area contributed by atoms with E-state index >= 15 is 0 Å². The van der Waals surface area contributed by atoms with Gasteiger partial charge in [-0.15, -0.1) is 0 Å². The molecule has 1 heterocycles. The van der Waals surface area contributed by atoms with Gasteiger partial charge in [0.15, 0.2) is 0 Å². The lowest BCUT2D eigenvalue weighted by atomic mass is 10.1. The minimum atomic E-state index is -0.0280. The van der Waals surface area contributed by atoms with E-state index in [2.05, 4.69) is 24.1 Å². The van der Waals surface area contributed by atoms with Crippen molar-refractivity contribution in [2.45, 2.75) is 39.7 Å². The van der Waals surface area contributed by atoms with Crippen molar-refractivity contribution in [2.24, 2.45) is 0 Å². The van der Waals surface area contributed by atoms with E-state index in [1.54, 1.807) is 0 Å². The predicted molar refractivity (Wildman–Crippen MR) is 98.2 cm³/mol. The first-order chi connectivity index (χ1) is 11.7. The highest BCUT2D eigenvalue weighted by Crippen LogP contribution is 2.18. The standard InChI is InChI=1S/C20H23N3O/c1-3-7-19-22-17-8-5-6-9-18(17)23(19)14-20(24)21-16-12-10-15(4-2)11-13-16/h5-6,8-13H,3-4,7,14H2,1-2H3,(H,21,24). The zero-order chi connectivity index (χ0) is 16.9. The second-order valence-corrected chi connectivity index (χ2v) is 5.95. The number of carbonyl (C=O) groups excluding carboxylic acids is 1. The Morgan fingerprint density at radius 1 is 1.08 bits per heavy atom. The molecule has 0 unspecified atom stereocenters. The van der Waals surface area contributed by atoms with Crippen molar-refractivity contribution in [1.82, 2.24) is 9.55 Å². The average molecular weight is 321 g/mol. The lowest BCUT2D eigenvalue weighted by Crippen LogP contribution is -2.20. The highest BCUT2D eigenvalue weighted by atomic mass is 16.1. The molecule has 0 fully saturated rings. The number of nitrogens with zero attached hydrogens (tertiary/aromatic N) is 2. The summed E-state index contributed by atoms with van der Waals surface area (Å²) >= 11 is 0. The Labute approximate surface area is 142 Å². The number of amides is 1. The van der Waals surface area contributed by atoms with Crippen LogP contribution < -0.4 is 5.32 Å². The van der Waals surface area contributed by atoms with Gasteiger partial charge in [0, 0.05) is 12.1 Å². The van der Waals surface area contributed by atoms with Gasteiger partial charge in [0.1, 0.15) is 12.4 Å². The van der Waals surface area contributed by atoms with E-state index in [1.165, 1.54) is 5.56 Å². The maximum atomic E-state index is 12.5. The van der Waals surface area contributed by atoms with Gasteiger partial charge in [0.05, 0.1) is 11.0 Å². The Hall–Kier alpha value is -2.62. The van der Waals surface area contributed by atoms with Crippen LogP contribution in [0.2, 0.25) is 0 Å². The molecule has 4 nitrogen and oxygen atoms in total. The smallest absolute Gasteiger partial charge is 0.244 e. The zero-order valence-electron chi connectivity index (χ0n) is 14.2. The molecule has 24 heavy (non-hydrogen) atoms. The van der Waals surface area contributed by atoms with E-state index in [1.807, 2.05) is 53.1 Å². The Bertz CT molecular complexity index is 834. The molecule has 0 saturated heterocycles. The summed E-state index contributed by atoms with van der Waals surface area (Å²) < 4.78 is 2.02. The molecule has 3 rings (SSSR count). The fraction of sp³-hybridized carbons (Fsp3) is 0.300. The van der Waals surface area contributed by atoms with E-state index in [-0.39, 0.29) is 12.5 Å². The maximum absolute atomic E-state index is 12.5. The number of carbonyl (C=O) groups is 1. The second-order valence-electron chi connectivity index (χ2n) is 5.95. The molecule has 0 saturated carbocycles. The molecular weight excluding hydrogens is 298 g/mol. The monoisotopic (exact) mass is 321 g/mol. The number of benzene rings is 2. The number of anilines is 1. The fourth-order valence-electron chi connectivity index (χ4n) is 2.88. The average Bonchev–Trinajstić information content (AvgIpc) is 2.93. The molecule has 0 bridgehead atoms. The number of nitrogens with one attached hydrogen (secondary N) is 1. The van der Waals surface area contributed by atoms with Crippen LogP contribution in [-0.4, -0.2) is 15.5 Å². The van der Waals surface area contributed by atoms with Gasteiger partial charge < -0.3 is 9.88 Å². The number of hydrogen-bond donors (Lipinski definition) is 1. The van der Waals surface area contributed by atoms with Crippen LogP contribution in [0.25, 0.3) is 11.0 Å². The molecule has 4 heteroatoms. The van der Waals surface area contributed by atoms with Crippen LogP contribution >= 0.6 is 0 Å². The summed E-state index contributed by atoms with van der Waals surface area (Å²) in [6.45, 7) is 4.53. The zero-order valence-corrected chi connectivity index (χ0v) is 14.2. The van der Waals surface area contributed by atoms with Crippen LogP contribution in [0.3, 0.4) is 0 Å². The highest BCUT2D eigenvalue weighted by Gasteiger charge is 2.13. The van der Waals surface area contributed by atoms with E-state index in [4.69, 9.17) is 0 Å². The summed E-state index contributed by atoms with van der Waals surface area (Å²) in [4.78, 5) is 17.1. The quantitative estimate of drug-likeness (QED) is 0.740. The van der Waals surface area contributed by atoms with Crippen molar-refractivity contribution in [2.75, 3.05) is 5.32 Å². The van der Waals surface area contributed by atoms with Crippen molar-refractivity contribution in [1.29, 1.82) is 0 Å². The summed E-state index contributed by atoms with van der Waals surface area (Å²) in [6, 6.07) is 16.0. The number of para-hydroxylation sites is 2. The summed E-state index contributed by atoms with van der Waals surface area (Å²) in [5.41, 5.74) is 4.05. The van der Waals surface area contributed by atoms with Crippen LogP contribution in [0.1, 0.15) is 31.7 Å². The maximum Gasteiger partial charge on any atom is 0.244 e. The van der Waals surface area contributed by atoms with Crippen LogP contribution in [0.4, 0.5) is 5.69 Å². The van der Waals surface area contributed by atoms with Crippen molar-refractivity contribution in [3.05, 3.63) is 59.9 Å². The summed E-state index contributed by atoms with van der Waals surface area (Å²) in [5.74, 6) is 0.940. The molecule has 0 aliphatic heterocycles. The third kappa shape index (κ3) is 3.48. The van der Waals surface area contributed by atoms with Crippen molar-refractivity contribution in [3.8, 4) is 0 Å². The van der Waals surface area contributed by atoms with Crippen LogP contribution in [0, 0.1) is 0 Å². The number of imidazole rings is 1. The first-order valence-corrected chi connectivity index (χ1v) is 8.54. The Morgan fingerprint density at radius 3 is 2.54 bits per heavy atom. The third-order valence-corrected chi connectivity index (χ3v) is 4.15. The first-order valence-electron chi connectivity index (χ1n) is 8.54. The van der Waals surface area contributed by atoms with Gasteiger partial charge >= 0.3 is 0 Å². The number of aromatic nitrogens is 2. The van der Waals surface area contributed by atoms with Gasteiger partial charge in [-0.1, -0.05) is 38.1 Å². The van der Waals surface area contributed by atoms with Gasteiger partial charge in [0.25, 0.3) is 0 Å². The Morgan fingerprint density at radius 2 is 1.83 bits per heavy atom. The topological polar surface area (TPSA) is 46.9 Å². The van der Waals surface area contributed by atoms with Gasteiger partial charge in [-0.2, -0.15) is 0 Å². The van der Waals surface area contributed by atoms with E-state index in [0.29, 0.717) is 0 Å². The number of aryl methyl sites for hydroxylation is 2. The second kappa shape index (κ2) is 7.30. The SMILES string of the molecule is CCCc1nc2ccccc2n1CC(=O)Nc1ccc(CC)cc1. The van der Waals surface area contributed by atoms with E-state index < -0.39 is 0 Å². The van der Waals surface area contributed by atoms with Gasteiger partial charge in [-0.3, -0.25) is 4.79 Å². The molecule has 0 aliphatic carbocycles. The minimum absolute atomic E-state index is 0.0280. The van der Waals surface area contributed by atoms with E-state index in [0.717, 1.165) is 41.8 Å². The van der Waals surface area contributed by atoms with Gasteiger partial charge in [-0.05, 0) is 42.7 Å². The van der Waals surface area contributed by atoms with Crippen molar-refractivity contribution >= 4 is 22.6 Å². The van der Waals surface area contributed by atoms with Crippen molar-refractivity contribution < 1.29 is 4.79 Å². The molecule has 124 valence electrons. The normalized spacial score (nSPS) is 10.9. The molecule has 1 N–H and O–H groups in total. The molecule has 2 aromatic carbocycles. The molecular formula is C20H23N3O. The largest absolute Gasteiger partial charge is 0.325 e. The molecule has 3 aromatic rings. The van der Waals surface area contributed by atoms with Crippen LogP contribution in [0.15, 0.2) is 48.5 Å². The van der Waals surface area contributed by atoms with Gasteiger partial charge in [-0.25, -0.2) is 4.98 Å². The Kier molecular flexibility index (Phi) is 4.94. The molecule has 1 aromatic heterocycles. The third-order valence-electron chi connectivity index (χ3n) is 4.15. The lowest BCUT2D eigenvalue weighted by Gasteiger charge is -2.10. The van der Waals surface area contributed by atoms with Gasteiger partial charge in [0.2, 0.25) is 5.91 Å². The van der Waals surface area contributed by atoms with E-state index in [9.17, 15) is 4.79 Å². The first kappa shape index (κ1) is 16.2. The van der Waals surface area contributed by atoms with Crippen molar-refractivity contribution in [3.63, 3.8) is 0 Å². The fourth-order valence-corrected chi connectivity index (χ4v) is 2.88. The lowest BCUT2D eigenvalue weighted by molar-refractivity contribution is -0.116. The summed E-state index contributed by atoms with van der Waals surface area (Å²) in [7, 11) is 0. The van der Waals surface area contributed by atoms with Crippen LogP contribution in [-0.2, 0) is 24.2 Å². The van der Waals surface area contributed by atoms with Crippen LogP contribution in [0.5, 0.6) is 0 Å². The minimum Gasteiger partial charge on any atom is -0.325 e. The number of hydrogen-bond acceptors (Lipinski definition) is 2. The molecule has 0 spiro atoms. The summed E-state index contributed by atoms with van der Waals surface area (Å²) in [6.07, 6.45) is 2.87. The Balaban J connectivity index is 1.80. The highest BCUT2D eigenvalue weighted by molar-refractivity contribution is 5.91.